The summed E-state index contributed by atoms with van der Waals surface area (Å²) < 4.78 is 0. The summed E-state index contributed by atoms with van der Waals surface area (Å²) in [6.45, 7) is 1.38. The molecule has 0 fully saturated rings. The topological polar surface area (TPSA) is 79.8 Å². The number of rotatable bonds is 1. The fourth-order valence-corrected chi connectivity index (χ4v) is 0.818. The second kappa shape index (κ2) is 3.01. The molecule has 0 atom stereocenters. The van der Waals surface area contributed by atoms with Gasteiger partial charge in [0.2, 0.25) is 0 Å². The third-order valence-electron chi connectivity index (χ3n) is 1.43. The van der Waals surface area contributed by atoms with Crippen molar-refractivity contribution in [2.45, 2.75) is 6.92 Å². The quantitative estimate of drug-likeness (QED) is 0.616. The van der Waals surface area contributed by atoms with E-state index < -0.39 is 0 Å². The van der Waals surface area contributed by atoms with Crippen molar-refractivity contribution < 1.29 is 4.79 Å². The van der Waals surface area contributed by atoms with E-state index in [1.165, 1.54) is 19.2 Å². The summed E-state index contributed by atoms with van der Waals surface area (Å²) in [5.41, 5.74) is 6.05. The van der Waals surface area contributed by atoms with E-state index in [0.717, 1.165) is 0 Å². The highest BCUT2D eigenvalue weighted by atomic mass is 16.1. The molecular weight excluding hydrogens is 154 g/mol. The highest BCUT2D eigenvalue weighted by Gasteiger charge is 2.06. The lowest BCUT2D eigenvalue weighted by Crippen LogP contribution is -2.02. The van der Waals surface area contributed by atoms with Crippen LogP contribution in [0.15, 0.2) is 12.3 Å². The van der Waals surface area contributed by atoms with Crippen molar-refractivity contribution in [3.8, 4) is 6.07 Å². The Balaban J connectivity index is 3.28. The Morgan fingerprint density at radius 2 is 2.42 bits per heavy atom. The lowest BCUT2D eigenvalue weighted by molar-refractivity contribution is 0.101. The standard InChI is InChI=1S/C8H7N3O/c1-5(12)7-2-6(3-9)4-11-8(7)10/h2,4H,1H3,(H2,10,11). The van der Waals surface area contributed by atoms with Crippen LogP contribution in [-0.4, -0.2) is 10.8 Å². The zero-order valence-electron chi connectivity index (χ0n) is 6.53. The van der Waals surface area contributed by atoms with E-state index in [1.807, 2.05) is 6.07 Å². The predicted molar refractivity (Wildman–Crippen MR) is 43.4 cm³/mol. The number of Topliss-reactive ketones (excluding diaryl/α,β-unsaturated/α-hetero) is 1. The van der Waals surface area contributed by atoms with Gasteiger partial charge in [-0.2, -0.15) is 5.26 Å². The van der Waals surface area contributed by atoms with Gasteiger partial charge in [-0.15, -0.1) is 0 Å². The molecule has 0 amide bonds. The molecule has 60 valence electrons. The van der Waals surface area contributed by atoms with Crippen molar-refractivity contribution in [3.63, 3.8) is 0 Å². The van der Waals surface area contributed by atoms with E-state index >= 15 is 0 Å². The van der Waals surface area contributed by atoms with Crippen molar-refractivity contribution in [3.05, 3.63) is 23.4 Å². The van der Waals surface area contributed by atoms with Crippen molar-refractivity contribution in [1.82, 2.24) is 4.98 Å². The van der Waals surface area contributed by atoms with Crippen molar-refractivity contribution in [2.75, 3.05) is 5.73 Å². The molecular formula is C8H7N3O. The van der Waals surface area contributed by atoms with Gasteiger partial charge >= 0.3 is 0 Å². The summed E-state index contributed by atoms with van der Waals surface area (Å²) in [4.78, 5) is 14.6. The van der Waals surface area contributed by atoms with E-state index in [1.54, 1.807) is 0 Å². The third kappa shape index (κ3) is 1.40. The van der Waals surface area contributed by atoms with Crippen LogP contribution >= 0.6 is 0 Å². The van der Waals surface area contributed by atoms with Gasteiger partial charge in [0.05, 0.1) is 11.1 Å². The summed E-state index contributed by atoms with van der Waals surface area (Å²) in [6, 6.07) is 3.31. The van der Waals surface area contributed by atoms with Crippen LogP contribution in [0.25, 0.3) is 0 Å². The first-order chi connectivity index (χ1) is 5.65. The third-order valence-corrected chi connectivity index (χ3v) is 1.43. The molecule has 0 radical (unpaired) electrons. The number of ketones is 1. The molecule has 0 aliphatic rings. The number of hydrogen-bond acceptors (Lipinski definition) is 4. The largest absolute Gasteiger partial charge is 0.383 e. The van der Waals surface area contributed by atoms with E-state index in [0.29, 0.717) is 11.1 Å². The SMILES string of the molecule is CC(=O)c1cc(C#N)cnc1N. The van der Waals surface area contributed by atoms with Crippen LogP contribution < -0.4 is 5.73 Å². The minimum absolute atomic E-state index is 0.168. The number of carbonyl (C=O) groups is 1. The molecule has 1 rings (SSSR count). The van der Waals surface area contributed by atoms with Gasteiger partial charge in [0.25, 0.3) is 0 Å². The van der Waals surface area contributed by atoms with Gasteiger partial charge in [-0.05, 0) is 13.0 Å². The van der Waals surface area contributed by atoms with Crippen molar-refractivity contribution in [1.29, 1.82) is 5.26 Å². The lowest BCUT2D eigenvalue weighted by Gasteiger charge is -1.99. The van der Waals surface area contributed by atoms with Crippen molar-refractivity contribution in [2.24, 2.45) is 0 Å². The highest BCUT2D eigenvalue weighted by molar-refractivity contribution is 5.98. The Morgan fingerprint density at radius 1 is 1.75 bits per heavy atom. The van der Waals surface area contributed by atoms with Crippen LogP contribution in [0.5, 0.6) is 0 Å². The second-order valence-electron chi connectivity index (χ2n) is 2.32. The van der Waals surface area contributed by atoms with E-state index in [-0.39, 0.29) is 11.6 Å². The Bertz CT molecular complexity index is 365. The molecule has 0 unspecified atom stereocenters. The van der Waals surface area contributed by atoms with Gasteiger partial charge < -0.3 is 5.73 Å². The summed E-state index contributed by atoms with van der Waals surface area (Å²) in [6.07, 6.45) is 1.34. The fraction of sp³-hybridized carbons (Fsp3) is 0.125. The van der Waals surface area contributed by atoms with Gasteiger partial charge in [0, 0.05) is 6.20 Å². The van der Waals surface area contributed by atoms with Crippen LogP contribution in [0.4, 0.5) is 5.82 Å². The van der Waals surface area contributed by atoms with E-state index in [2.05, 4.69) is 4.98 Å². The summed E-state index contributed by atoms with van der Waals surface area (Å²) in [7, 11) is 0. The molecule has 0 saturated heterocycles. The number of nitrogens with two attached hydrogens (primary N) is 1. The zero-order chi connectivity index (χ0) is 9.14. The zero-order valence-corrected chi connectivity index (χ0v) is 6.53. The summed E-state index contributed by atoms with van der Waals surface area (Å²) in [5.74, 6) is -0.0152. The molecule has 0 aliphatic carbocycles. The van der Waals surface area contributed by atoms with Gasteiger partial charge in [-0.25, -0.2) is 4.98 Å². The van der Waals surface area contributed by atoms with Crippen molar-refractivity contribution >= 4 is 11.6 Å². The Labute approximate surface area is 69.6 Å². The average molecular weight is 161 g/mol. The number of nitrogens with zero attached hydrogens (tertiary/aromatic N) is 2. The monoisotopic (exact) mass is 161 g/mol. The molecule has 12 heavy (non-hydrogen) atoms. The molecule has 0 aromatic carbocycles. The smallest absolute Gasteiger partial charge is 0.163 e. The number of aromatic nitrogens is 1. The second-order valence-corrected chi connectivity index (χ2v) is 2.32. The maximum atomic E-state index is 10.9. The first-order valence-electron chi connectivity index (χ1n) is 3.31. The Kier molecular flexibility index (Phi) is 2.06. The van der Waals surface area contributed by atoms with Crippen LogP contribution in [0.2, 0.25) is 0 Å². The Morgan fingerprint density at radius 3 is 2.92 bits per heavy atom. The molecule has 0 spiro atoms. The van der Waals surface area contributed by atoms with Gasteiger partial charge in [0.15, 0.2) is 5.78 Å². The number of pyridine rings is 1. The van der Waals surface area contributed by atoms with E-state index in [4.69, 9.17) is 11.0 Å². The molecule has 1 heterocycles. The molecule has 0 aliphatic heterocycles. The van der Waals surface area contributed by atoms with Crippen LogP contribution in [0.1, 0.15) is 22.8 Å². The van der Waals surface area contributed by atoms with Crippen LogP contribution in [-0.2, 0) is 0 Å². The molecule has 0 bridgehead atoms. The number of carbonyl (C=O) groups excluding carboxylic acids is 1. The summed E-state index contributed by atoms with van der Waals surface area (Å²) in [5, 5.41) is 8.49. The molecule has 4 heteroatoms. The maximum Gasteiger partial charge on any atom is 0.163 e. The number of anilines is 1. The predicted octanol–water partition coefficient (Wildman–Crippen LogP) is 0.738. The maximum absolute atomic E-state index is 10.9. The number of hydrogen-bond donors (Lipinski definition) is 1. The molecule has 1 aromatic heterocycles. The number of nitriles is 1. The van der Waals surface area contributed by atoms with Gasteiger partial charge in [0.1, 0.15) is 11.9 Å². The van der Waals surface area contributed by atoms with Crippen LogP contribution in [0, 0.1) is 11.3 Å². The lowest BCUT2D eigenvalue weighted by atomic mass is 10.1. The molecule has 0 saturated carbocycles. The van der Waals surface area contributed by atoms with E-state index in [9.17, 15) is 4.79 Å². The minimum Gasteiger partial charge on any atom is -0.383 e. The Hall–Kier alpha value is -1.89. The normalized spacial score (nSPS) is 9.00. The minimum atomic E-state index is -0.183. The van der Waals surface area contributed by atoms with Crippen LogP contribution in [0.3, 0.4) is 0 Å². The average Bonchev–Trinajstić information content (AvgIpc) is 2.05. The van der Waals surface area contributed by atoms with Gasteiger partial charge in [-0.1, -0.05) is 0 Å². The molecule has 1 aromatic rings. The first-order valence-corrected chi connectivity index (χ1v) is 3.31. The summed E-state index contributed by atoms with van der Waals surface area (Å²) >= 11 is 0. The first kappa shape index (κ1) is 8.21. The molecule has 2 N–H and O–H groups in total. The number of nitrogen functional groups attached to an aromatic ring is 1. The van der Waals surface area contributed by atoms with Gasteiger partial charge in [-0.3, -0.25) is 4.79 Å². The molecule has 4 nitrogen and oxygen atoms in total. The highest BCUT2D eigenvalue weighted by Crippen LogP contribution is 2.10. The fourth-order valence-electron chi connectivity index (χ4n) is 0.818.